The van der Waals surface area contributed by atoms with E-state index in [0.29, 0.717) is 30.1 Å². The van der Waals surface area contributed by atoms with Crippen molar-refractivity contribution in [3.05, 3.63) is 51.9 Å². The molecule has 122 valence electrons. The molecule has 0 spiro atoms. The molecule has 0 radical (unpaired) electrons. The van der Waals surface area contributed by atoms with E-state index in [1.807, 2.05) is 18.2 Å². The van der Waals surface area contributed by atoms with Gasteiger partial charge in [0, 0.05) is 25.3 Å². The van der Waals surface area contributed by atoms with Crippen LogP contribution in [0.5, 0.6) is 0 Å². The summed E-state index contributed by atoms with van der Waals surface area (Å²) in [7, 11) is 1.76. The minimum atomic E-state index is -0.0770. The maximum atomic E-state index is 12.7. The number of piperidine rings is 1. The van der Waals surface area contributed by atoms with Crippen molar-refractivity contribution in [3.8, 4) is 6.07 Å². The van der Waals surface area contributed by atoms with Crippen LogP contribution in [0.15, 0.2) is 35.3 Å². The Morgan fingerprint density at radius 2 is 2.21 bits per heavy atom. The van der Waals surface area contributed by atoms with E-state index in [2.05, 4.69) is 16.0 Å². The molecule has 7 heteroatoms. The van der Waals surface area contributed by atoms with E-state index in [4.69, 9.17) is 5.73 Å². The van der Waals surface area contributed by atoms with Crippen LogP contribution in [0, 0.1) is 11.3 Å². The van der Waals surface area contributed by atoms with Crippen LogP contribution in [-0.4, -0.2) is 36.5 Å². The zero-order chi connectivity index (χ0) is 17.1. The molecule has 24 heavy (non-hydrogen) atoms. The smallest absolute Gasteiger partial charge is 0.248 e. The third kappa shape index (κ3) is 3.19. The molecule has 1 aliphatic heterocycles. The molecule has 3 rings (SSSR count). The number of benzene rings is 1. The van der Waals surface area contributed by atoms with Crippen molar-refractivity contribution < 1.29 is 0 Å². The van der Waals surface area contributed by atoms with Crippen LogP contribution >= 0.6 is 0 Å². The van der Waals surface area contributed by atoms with Crippen molar-refractivity contribution in [1.29, 1.82) is 5.26 Å². The first-order valence-corrected chi connectivity index (χ1v) is 8.15. The molecule has 1 aromatic heterocycles. The van der Waals surface area contributed by atoms with E-state index in [0.717, 1.165) is 24.9 Å². The molecule has 0 unspecified atom stereocenters. The Bertz CT molecular complexity index is 842. The third-order valence-corrected chi connectivity index (χ3v) is 4.40. The second-order valence-corrected chi connectivity index (χ2v) is 6.25. The standard InChI is InChI=1S/C17H20BN5O/c18-15-9-21-17(22-7-3-6-14(20)11-22)23(16(15)24)10-13-5-2-1-4-12(13)8-19/h1-2,4-5,9,14H,3,6-7,10-11,18,20H2/t14-/m1/s1. The lowest BCUT2D eigenvalue weighted by Crippen LogP contribution is -2.47. The molecule has 0 amide bonds. The summed E-state index contributed by atoms with van der Waals surface area (Å²) in [4.78, 5) is 19.3. The Labute approximate surface area is 141 Å². The largest absolute Gasteiger partial charge is 0.341 e. The molecule has 1 atom stereocenters. The van der Waals surface area contributed by atoms with Crippen LogP contribution in [0.3, 0.4) is 0 Å². The predicted molar refractivity (Wildman–Crippen MR) is 96.4 cm³/mol. The lowest BCUT2D eigenvalue weighted by atomic mass is 10.00. The van der Waals surface area contributed by atoms with Crippen LogP contribution in [0.2, 0.25) is 0 Å². The highest BCUT2D eigenvalue weighted by atomic mass is 16.1. The summed E-state index contributed by atoms with van der Waals surface area (Å²) in [6, 6.07) is 9.62. The van der Waals surface area contributed by atoms with Gasteiger partial charge in [-0.2, -0.15) is 5.26 Å². The van der Waals surface area contributed by atoms with Crippen molar-refractivity contribution in [2.24, 2.45) is 5.73 Å². The van der Waals surface area contributed by atoms with E-state index < -0.39 is 0 Å². The number of hydrogen-bond acceptors (Lipinski definition) is 5. The van der Waals surface area contributed by atoms with E-state index in [1.165, 1.54) is 0 Å². The molecule has 0 aliphatic carbocycles. The Morgan fingerprint density at radius 1 is 1.42 bits per heavy atom. The molecule has 2 N–H and O–H groups in total. The normalized spacial score (nSPS) is 17.5. The Morgan fingerprint density at radius 3 is 2.96 bits per heavy atom. The van der Waals surface area contributed by atoms with Crippen LogP contribution in [0.4, 0.5) is 5.95 Å². The van der Waals surface area contributed by atoms with E-state index in [-0.39, 0.29) is 11.6 Å². The van der Waals surface area contributed by atoms with Crippen molar-refractivity contribution in [1.82, 2.24) is 9.55 Å². The second kappa shape index (κ2) is 6.89. The molecule has 1 aliphatic rings. The maximum Gasteiger partial charge on any atom is 0.248 e. The summed E-state index contributed by atoms with van der Waals surface area (Å²) < 4.78 is 1.66. The van der Waals surface area contributed by atoms with E-state index in [1.54, 1.807) is 24.7 Å². The molecule has 0 bridgehead atoms. The summed E-state index contributed by atoms with van der Waals surface area (Å²) in [5.74, 6) is 0.633. The molecule has 1 fully saturated rings. The number of aromatic nitrogens is 2. The van der Waals surface area contributed by atoms with Gasteiger partial charge in [0.15, 0.2) is 0 Å². The number of hydrogen-bond donors (Lipinski definition) is 1. The number of rotatable bonds is 3. The van der Waals surface area contributed by atoms with Crippen molar-refractivity contribution in [2.75, 3.05) is 18.0 Å². The van der Waals surface area contributed by atoms with Crippen molar-refractivity contribution in [2.45, 2.75) is 25.4 Å². The molecule has 1 saturated heterocycles. The van der Waals surface area contributed by atoms with Gasteiger partial charge in [-0.15, -0.1) is 0 Å². The zero-order valence-electron chi connectivity index (χ0n) is 13.8. The molecule has 6 nitrogen and oxygen atoms in total. The van der Waals surface area contributed by atoms with Crippen LogP contribution in [0.1, 0.15) is 24.0 Å². The summed E-state index contributed by atoms with van der Waals surface area (Å²) in [5.41, 5.74) is 7.99. The number of nitrogens with zero attached hydrogens (tertiary/aromatic N) is 4. The fourth-order valence-electron chi connectivity index (χ4n) is 3.11. The van der Waals surface area contributed by atoms with Gasteiger partial charge in [-0.1, -0.05) is 18.2 Å². The van der Waals surface area contributed by atoms with Gasteiger partial charge < -0.3 is 10.6 Å². The van der Waals surface area contributed by atoms with Gasteiger partial charge >= 0.3 is 0 Å². The van der Waals surface area contributed by atoms with Gasteiger partial charge in [0.25, 0.3) is 0 Å². The van der Waals surface area contributed by atoms with Gasteiger partial charge in [0.05, 0.1) is 18.2 Å². The fraction of sp³-hybridized carbons (Fsp3) is 0.353. The molecular weight excluding hydrogens is 301 g/mol. The molecule has 0 saturated carbocycles. The first-order valence-electron chi connectivity index (χ1n) is 8.15. The van der Waals surface area contributed by atoms with E-state index >= 15 is 0 Å². The molecular formula is C17H20BN5O. The minimum absolute atomic E-state index is 0.0770. The SMILES string of the molecule is Bc1cnc(N2CCC[C@@H](N)C2)n(Cc2ccccc2C#N)c1=O. The minimum Gasteiger partial charge on any atom is -0.341 e. The zero-order valence-corrected chi connectivity index (χ0v) is 13.8. The van der Waals surface area contributed by atoms with Gasteiger partial charge in [0.1, 0.15) is 7.85 Å². The van der Waals surface area contributed by atoms with E-state index in [9.17, 15) is 10.1 Å². The fourth-order valence-corrected chi connectivity index (χ4v) is 3.11. The third-order valence-electron chi connectivity index (χ3n) is 4.40. The first kappa shape index (κ1) is 16.3. The molecule has 1 aromatic carbocycles. The number of nitriles is 1. The lowest BCUT2D eigenvalue weighted by molar-refractivity contribution is 0.491. The lowest BCUT2D eigenvalue weighted by Gasteiger charge is -2.33. The highest BCUT2D eigenvalue weighted by Gasteiger charge is 2.22. The summed E-state index contributed by atoms with van der Waals surface area (Å²) >= 11 is 0. The molecule has 2 heterocycles. The van der Waals surface area contributed by atoms with Gasteiger partial charge in [-0.05, 0) is 29.9 Å². The Kier molecular flexibility index (Phi) is 4.67. The van der Waals surface area contributed by atoms with Crippen LogP contribution in [-0.2, 0) is 6.54 Å². The van der Waals surface area contributed by atoms with Gasteiger partial charge in [0.2, 0.25) is 11.5 Å². The number of anilines is 1. The predicted octanol–water partition coefficient (Wildman–Crippen LogP) is -0.651. The highest BCUT2D eigenvalue weighted by Crippen LogP contribution is 2.17. The Balaban J connectivity index is 2.04. The van der Waals surface area contributed by atoms with Crippen molar-refractivity contribution in [3.63, 3.8) is 0 Å². The first-order chi connectivity index (χ1) is 11.6. The average molecular weight is 321 g/mol. The average Bonchev–Trinajstić information content (AvgIpc) is 2.59. The second-order valence-electron chi connectivity index (χ2n) is 6.25. The van der Waals surface area contributed by atoms with Gasteiger partial charge in [-0.3, -0.25) is 9.36 Å². The van der Waals surface area contributed by atoms with Crippen LogP contribution < -0.4 is 21.7 Å². The van der Waals surface area contributed by atoms with Gasteiger partial charge in [-0.25, -0.2) is 4.98 Å². The molecule has 2 aromatic rings. The van der Waals surface area contributed by atoms with Crippen molar-refractivity contribution >= 4 is 19.3 Å². The number of nitrogens with two attached hydrogens (primary N) is 1. The summed E-state index contributed by atoms with van der Waals surface area (Å²) in [6.07, 6.45) is 3.59. The van der Waals surface area contributed by atoms with Crippen LogP contribution in [0.25, 0.3) is 0 Å². The Hall–Kier alpha value is -2.59. The monoisotopic (exact) mass is 321 g/mol. The summed E-state index contributed by atoms with van der Waals surface area (Å²) in [5, 5.41) is 9.29. The quantitative estimate of drug-likeness (QED) is 0.759. The highest BCUT2D eigenvalue weighted by molar-refractivity contribution is 6.31. The topological polar surface area (TPSA) is 87.9 Å². The maximum absolute atomic E-state index is 12.7. The summed E-state index contributed by atoms with van der Waals surface area (Å²) in [6.45, 7) is 1.86.